The van der Waals surface area contributed by atoms with Crippen molar-refractivity contribution in [3.8, 4) is 11.5 Å². The fourth-order valence-corrected chi connectivity index (χ4v) is 4.83. The number of nitrogens with zero attached hydrogens (tertiary/aromatic N) is 2. The predicted octanol–water partition coefficient (Wildman–Crippen LogP) is 4.62. The zero-order valence-corrected chi connectivity index (χ0v) is 18.5. The van der Waals surface area contributed by atoms with Crippen molar-refractivity contribution in [1.29, 1.82) is 0 Å². The largest absolute Gasteiger partial charge is 0.490 e. The van der Waals surface area contributed by atoms with Gasteiger partial charge in [-0.2, -0.15) is 5.10 Å². The van der Waals surface area contributed by atoms with E-state index in [-0.39, 0.29) is 23.6 Å². The molecule has 0 radical (unpaired) electrons. The van der Waals surface area contributed by atoms with Crippen molar-refractivity contribution in [3.63, 3.8) is 0 Å². The molecule has 1 aromatic heterocycles. The van der Waals surface area contributed by atoms with Crippen LogP contribution in [0.1, 0.15) is 34.6 Å². The molecule has 2 aromatic carbocycles. The minimum Gasteiger partial charge on any atom is -0.490 e. The van der Waals surface area contributed by atoms with Crippen molar-refractivity contribution < 1.29 is 18.7 Å². The van der Waals surface area contributed by atoms with Crippen LogP contribution in [0.4, 0.5) is 10.2 Å². The number of rotatable bonds is 6. The van der Waals surface area contributed by atoms with Crippen LogP contribution in [0.2, 0.25) is 0 Å². The molecule has 1 aliphatic rings. The second-order valence-corrected chi connectivity index (χ2v) is 8.32. The molecule has 8 heteroatoms. The van der Waals surface area contributed by atoms with E-state index in [1.807, 2.05) is 39.1 Å². The summed E-state index contributed by atoms with van der Waals surface area (Å²) in [7, 11) is 1.82. The number of hydrogen-bond donors (Lipinski definition) is 1. The first-order chi connectivity index (χ1) is 15.0. The van der Waals surface area contributed by atoms with Gasteiger partial charge in [0, 0.05) is 18.2 Å². The van der Waals surface area contributed by atoms with E-state index in [4.69, 9.17) is 9.47 Å². The highest BCUT2D eigenvalue weighted by molar-refractivity contribution is 8.00. The van der Waals surface area contributed by atoms with Gasteiger partial charge >= 0.3 is 0 Å². The molecule has 1 aliphatic heterocycles. The molecule has 0 bridgehead atoms. The first kappa shape index (κ1) is 21.2. The summed E-state index contributed by atoms with van der Waals surface area (Å²) in [5, 5.41) is 7.36. The number of thioether (sulfide) groups is 1. The van der Waals surface area contributed by atoms with E-state index in [2.05, 4.69) is 10.4 Å². The number of fused-ring (bicyclic) bond motifs is 1. The molecule has 1 atom stereocenters. The van der Waals surface area contributed by atoms with Gasteiger partial charge in [0.2, 0.25) is 5.91 Å². The Bertz CT molecular complexity index is 1120. The Morgan fingerprint density at radius 2 is 2.03 bits per heavy atom. The van der Waals surface area contributed by atoms with Crippen molar-refractivity contribution in [2.45, 2.75) is 25.7 Å². The second kappa shape index (κ2) is 9.01. The van der Waals surface area contributed by atoms with Crippen molar-refractivity contribution in [2.24, 2.45) is 7.05 Å². The highest BCUT2D eigenvalue weighted by atomic mass is 32.2. The van der Waals surface area contributed by atoms with Crippen LogP contribution in [0.3, 0.4) is 0 Å². The number of ether oxygens (including phenoxy) is 2. The van der Waals surface area contributed by atoms with Gasteiger partial charge in [0.1, 0.15) is 18.2 Å². The van der Waals surface area contributed by atoms with Gasteiger partial charge in [-0.3, -0.25) is 9.48 Å². The van der Waals surface area contributed by atoms with Gasteiger partial charge < -0.3 is 14.8 Å². The molecule has 1 amide bonds. The number of benzene rings is 2. The molecule has 162 valence electrons. The summed E-state index contributed by atoms with van der Waals surface area (Å²) in [6.45, 7) is 4.42. The molecule has 0 saturated heterocycles. The Labute approximate surface area is 184 Å². The zero-order valence-electron chi connectivity index (χ0n) is 17.6. The average molecular weight is 442 g/mol. The lowest BCUT2D eigenvalue weighted by Gasteiger charge is -2.18. The van der Waals surface area contributed by atoms with E-state index in [0.717, 1.165) is 22.6 Å². The summed E-state index contributed by atoms with van der Waals surface area (Å²) in [4.78, 5) is 12.2. The number of nitrogens with one attached hydrogen (secondary N) is 1. The Morgan fingerprint density at radius 1 is 1.23 bits per heavy atom. The number of carbonyl (C=O) groups is 1. The molecule has 0 fully saturated rings. The third kappa shape index (κ3) is 4.39. The van der Waals surface area contributed by atoms with Crippen LogP contribution in [-0.4, -0.2) is 28.0 Å². The van der Waals surface area contributed by atoms with Crippen molar-refractivity contribution in [2.75, 3.05) is 17.7 Å². The van der Waals surface area contributed by atoms with Crippen LogP contribution in [0, 0.1) is 12.7 Å². The molecular weight excluding hydrogens is 417 g/mol. The maximum absolute atomic E-state index is 13.9. The van der Waals surface area contributed by atoms with Crippen molar-refractivity contribution >= 4 is 23.5 Å². The second-order valence-electron chi connectivity index (χ2n) is 7.23. The van der Waals surface area contributed by atoms with E-state index in [1.54, 1.807) is 34.6 Å². The molecule has 2 heterocycles. The number of halogens is 1. The van der Waals surface area contributed by atoms with Gasteiger partial charge in [0.25, 0.3) is 0 Å². The molecule has 6 nitrogen and oxygen atoms in total. The van der Waals surface area contributed by atoms with E-state index in [0.29, 0.717) is 29.4 Å². The Hall–Kier alpha value is -3.00. The maximum atomic E-state index is 13.9. The van der Waals surface area contributed by atoms with E-state index >= 15 is 0 Å². The lowest BCUT2D eigenvalue weighted by atomic mass is 10.0. The monoisotopic (exact) mass is 441 g/mol. The predicted molar refractivity (Wildman–Crippen MR) is 119 cm³/mol. The van der Waals surface area contributed by atoms with E-state index in [1.165, 1.54) is 6.07 Å². The summed E-state index contributed by atoms with van der Waals surface area (Å²) in [6.07, 6.45) is 0. The van der Waals surface area contributed by atoms with Gasteiger partial charge in [-0.25, -0.2) is 4.39 Å². The highest BCUT2D eigenvalue weighted by Gasteiger charge is 2.30. The third-order valence-electron chi connectivity index (χ3n) is 5.08. The molecule has 0 saturated carbocycles. The molecule has 3 aromatic rings. The SMILES string of the molecule is CCOc1cc([C@H]2SCC(=O)Nc3c2c(C)nn3C)ccc1OCc1ccccc1F. The normalized spacial score (nSPS) is 15.7. The summed E-state index contributed by atoms with van der Waals surface area (Å²) >= 11 is 1.55. The number of anilines is 1. The van der Waals surface area contributed by atoms with Gasteiger partial charge in [0.05, 0.1) is 23.3 Å². The number of hydrogen-bond acceptors (Lipinski definition) is 5. The average Bonchev–Trinajstić information content (AvgIpc) is 2.91. The van der Waals surface area contributed by atoms with Crippen LogP contribution in [0.25, 0.3) is 0 Å². The minimum absolute atomic E-state index is 0.0494. The van der Waals surface area contributed by atoms with Crippen LogP contribution in [0.5, 0.6) is 11.5 Å². The Balaban J connectivity index is 1.66. The Morgan fingerprint density at radius 3 is 2.81 bits per heavy atom. The van der Waals surface area contributed by atoms with Crippen molar-refractivity contribution in [3.05, 3.63) is 70.7 Å². The summed E-state index contributed by atoms with van der Waals surface area (Å²) < 4.78 is 27.4. The number of aryl methyl sites for hydroxylation is 2. The topological polar surface area (TPSA) is 65.4 Å². The molecular formula is C23H24FN3O3S. The Kier molecular flexibility index (Phi) is 6.18. The molecule has 31 heavy (non-hydrogen) atoms. The lowest BCUT2D eigenvalue weighted by Crippen LogP contribution is -2.15. The molecule has 0 unspecified atom stereocenters. The van der Waals surface area contributed by atoms with E-state index in [9.17, 15) is 9.18 Å². The third-order valence-corrected chi connectivity index (χ3v) is 6.35. The quantitative estimate of drug-likeness (QED) is 0.605. The van der Waals surface area contributed by atoms with Crippen LogP contribution < -0.4 is 14.8 Å². The van der Waals surface area contributed by atoms with Gasteiger partial charge in [-0.15, -0.1) is 11.8 Å². The van der Waals surface area contributed by atoms with Crippen LogP contribution >= 0.6 is 11.8 Å². The fraction of sp³-hybridized carbons (Fsp3) is 0.304. The fourth-order valence-electron chi connectivity index (χ4n) is 3.66. The molecule has 4 rings (SSSR count). The lowest BCUT2D eigenvalue weighted by molar-refractivity contribution is -0.113. The summed E-state index contributed by atoms with van der Waals surface area (Å²) in [5.41, 5.74) is 3.32. The molecule has 1 N–H and O–H groups in total. The van der Waals surface area contributed by atoms with Crippen LogP contribution in [0.15, 0.2) is 42.5 Å². The molecule has 0 aliphatic carbocycles. The number of amides is 1. The first-order valence-electron chi connectivity index (χ1n) is 10.1. The minimum atomic E-state index is -0.302. The van der Waals surface area contributed by atoms with Crippen LogP contribution in [-0.2, 0) is 18.4 Å². The smallest absolute Gasteiger partial charge is 0.235 e. The van der Waals surface area contributed by atoms with E-state index < -0.39 is 0 Å². The van der Waals surface area contributed by atoms with Gasteiger partial charge in [0.15, 0.2) is 11.5 Å². The maximum Gasteiger partial charge on any atom is 0.235 e. The standard InChI is InChI=1S/C23H24FN3O3S/c1-4-29-19-11-15(9-10-18(19)30-12-16-7-5-6-8-17(16)24)22-21-14(2)26-27(3)23(21)25-20(28)13-31-22/h5-11,22H,4,12-13H2,1-3H3,(H,25,28)/t22-/m1/s1. The van der Waals surface area contributed by atoms with Crippen molar-refractivity contribution in [1.82, 2.24) is 9.78 Å². The number of carbonyl (C=O) groups excluding carboxylic acids is 1. The van der Waals surface area contributed by atoms with Gasteiger partial charge in [-0.1, -0.05) is 24.3 Å². The first-order valence-corrected chi connectivity index (χ1v) is 11.1. The summed E-state index contributed by atoms with van der Waals surface area (Å²) in [6, 6.07) is 12.3. The van der Waals surface area contributed by atoms with Gasteiger partial charge in [-0.05, 0) is 37.6 Å². The highest BCUT2D eigenvalue weighted by Crippen LogP contribution is 2.45. The molecule has 0 spiro atoms. The summed E-state index contributed by atoms with van der Waals surface area (Å²) in [5.74, 6) is 1.84. The number of aromatic nitrogens is 2. The zero-order chi connectivity index (χ0) is 22.0.